The van der Waals surface area contributed by atoms with Crippen molar-refractivity contribution >= 4 is 11.6 Å². The van der Waals surface area contributed by atoms with Gasteiger partial charge < -0.3 is 15.2 Å². The van der Waals surface area contributed by atoms with Crippen LogP contribution in [0.2, 0.25) is 0 Å². The number of hydrogen-bond donors (Lipinski definition) is 4. The Morgan fingerprint density at radius 1 is 1.14 bits per heavy atom. The molecule has 1 fully saturated rings. The second-order valence-electron chi connectivity index (χ2n) is 6.10. The Morgan fingerprint density at radius 3 is 2.79 bits per heavy atom. The molecule has 0 unspecified atom stereocenters. The van der Waals surface area contributed by atoms with Crippen LogP contribution in [0.5, 0.6) is 6.01 Å². The number of anilines is 2. The van der Waals surface area contributed by atoms with Gasteiger partial charge in [-0.25, -0.2) is 30.3 Å². The van der Waals surface area contributed by atoms with Crippen molar-refractivity contribution in [3.05, 3.63) is 48.8 Å². The fourth-order valence-corrected chi connectivity index (χ4v) is 2.91. The molecule has 146 valence electrons. The molecule has 0 amide bonds. The van der Waals surface area contributed by atoms with Gasteiger partial charge in [-0.2, -0.15) is 4.98 Å². The van der Waals surface area contributed by atoms with Crippen LogP contribution in [0.25, 0.3) is 5.69 Å². The minimum atomic E-state index is -0.312. The van der Waals surface area contributed by atoms with Crippen LogP contribution in [-0.2, 0) is 0 Å². The first-order valence-electron chi connectivity index (χ1n) is 8.60. The van der Waals surface area contributed by atoms with Gasteiger partial charge in [-0.3, -0.25) is 0 Å². The van der Waals surface area contributed by atoms with E-state index in [1.165, 1.54) is 23.1 Å². The molecular formula is C16H19FN10O. The third kappa shape index (κ3) is 3.98. The lowest BCUT2D eigenvalue weighted by molar-refractivity contribution is 0.121. The summed E-state index contributed by atoms with van der Waals surface area (Å²) in [5.41, 5.74) is 8.97. The smallest absolute Gasteiger partial charge is 0.352 e. The summed E-state index contributed by atoms with van der Waals surface area (Å²) in [6.07, 6.45) is 5.56. The van der Waals surface area contributed by atoms with Crippen molar-refractivity contribution in [1.29, 1.82) is 0 Å². The number of hydrazine groups is 2. The molecule has 1 aliphatic heterocycles. The zero-order valence-corrected chi connectivity index (χ0v) is 14.8. The number of halogens is 1. The molecule has 0 saturated carbocycles. The molecule has 0 radical (unpaired) electrons. The average Bonchev–Trinajstić information content (AvgIpc) is 3.38. The number of nitrogens with two attached hydrogens (primary N) is 1. The second kappa shape index (κ2) is 8.12. The number of benzene rings is 1. The van der Waals surface area contributed by atoms with Crippen LogP contribution in [0.15, 0.2) is 43.0 Å². The van der Waals surface area contributed by atoms with Gasteiger partial charge in [0.25, 0.3) is 0 Å². The maximum atomic E-state index is 13.0. The maximum absolute atomic E-state index is 13.0. The third-order valence-corrected chi connectivity index (χ3v) is 4.27. The van der Waals surface area contributed by atoms with Gasteiger partial charge in [-0.05, 0) is 30.7 Å². The van der Waals surface area contributed by atoms with Crippen molar-refractivity contribution in [2.45, 2.75) is 12.5 Å². The van der Waals surface area contributed by atoms with E-state index in [9.17, 15) is 4.39 Å². The normalized spacial score (nSPS) is 16.4. The second-order valence-corrected chi connectivity index (χ2v) is 6.10. The Labute approximate surface area is 159 Å². The zero-order chi connectivity index (χ0) is 19.3. The number of nitrogens with zero attached hydrogens (tertiary/aromatic N) is 6. The highest BCUT2D eigenvalue weighted by Gasteiger charge is 2.25. The van der Waals surface area contributed by atoms with Gasteiger partial charge in [0.1, 0.15) is 12.1 Å². The van der Waals surface area contributed by atoms with E-state index < -0.39 is 0 Å². The summed E-state index contributed by atoms with van der Waals surface area (Å²) >= 11 is 0. The lowest BCUT2D eigenvalue weighted by Crippen LogP contribution is -2.44. The predicted molar refractivity (Wildman–Crippen MR) is 98.7 cm³/mol. The van der Waals surface area contributed by atoms with Crippen molar-refractivity contribution in [2.75, 3.05) is 23.4 Å². The van der Waals surface area contributed by atoms with Crippen LogP contribution < -0.4 is 32.0 Å². The first kappa shape index (κ1) is 18.0. The largest absolute Gasteiger partial charge is 0.356 e. The molecule has 1 aromatic carbocycles. The molecule has 0 spiro atoms. The van der Waals surface area contributed by atoms with Crippen molar-refractivity contribution in [3.8, 4) is 11.7 Å². The van der Waals surface area contributed by atoms with Gasteiger partial charge in [0.15, 0.2) is 11.6 Å². The summed E-state index contributed by atoms with van der Waals surface area (Å²) in [5.74, 6) is 6.41. The first-order chi connectivity index (χ1) is 13.7. The Morgan fingerprint density at radius 2 is 1.96 bits per heavy atom. The predicted octanol–water partition coefficient (Wildman–Crippen LogP) is 0.149. The minimum absolute atomic E-state index is 0.117. The third-order valence-electron chi connectivity index (χ3n) is 4.27. The molecule has 2 aromatic heterocycles. The summed E-state index contributed by atoms with van der Waals surface area (Å²) < 4.78 is 14.5. The highest BCUT2D eigenvalue weighted by molar-refractivity contribution is 5.60. The van der Waals surface area contributed by atoms with E-state index >= 15 is 0 Å². The molecule has 11 nitrogen and oxygen atoms in total. The Balaban J connectivity index is 1.28. The van der Waals surface area contributed by atoms with Gasteiger partial charge in [-0.1, -0.05) is 5.59 Å². The number of hydrogen-bond acceptors (Lipinski definition) is 10. The molecule has 0 aliphatic carbocycles. The fourth-order valence-electron chi connectivity index (χ4n) is 2.91. The number of rotatable bonds is 7. The quantitative estimate of drug-likeness (QED) is 0.329. The number of aromatic nitrogens is 5. The van der Waals surface area contributed by atoms with E-state index in [1.807, 2.05) is 0 Å². The first-order valence-corrected chi connectivity index (χ1v) is 8.60. The Bertz CT molecular complexity index is 918. The summed E-state index contributed by atoms with van der Waals surface area (Å²) in [6.45, 7) is 1.49. The van der Waals surface area contributed by atoms with Crippen LogP contribution in [0, 0.1) is 5.82 Å². The fraction of sp³-hybridized carbons (Fsp3) is 0.250. The Kier molecular flexibility index (Phi) is 5.23. The molecule has 1 saturated heterocycles. The Hall–Kier alpha value is -3.35. The van der Waals surface area contributed by atoms with Crippen LogP contribution >= 0.6 is 0 Å². The van der Waals surface area contributed by atoms with Crippen molar-refractivity contribution in [1.82, 2.24) is 35.7 Å². The van der Waals surface area contributed by atoms with Gasteiger partial charge >= 0.3 is 6.01 Å². The van der Waals surface area contributed by atoms with E-state index in [4.69, 9.17) is 10.7 Å². The van der Waals surface area contributed by atoms with E-state index in [1.54, 1.807) is 24.5 Å². The lowest BCUT2D eigenvalue weighted by atomic mass is 10.3. The van der Waals surface area contributed by atoms with E-state index in [0.29, 0.717) is 23.9 Å². The van der Waals surface area contributed by atoms with E-state index in [-0.39, 0.29) is 17.9 Å². The van der Waals surface area contributed by atoms with Gasteiger partial charge in [-0.15, -0.1) is 5.10 Å². The number of nitrogen functional groups attached to an aromatic ring is 1. The molecule has 12 heteroatoms. The van der Waals surface area contributed by atoms with E-state index in [2.05, 4.69) is 41.4 Å². The minimum Gasteiger partial charge on any atom is -0.352 e. The highest BCUT2D eigenvalue weighted by Crippen LogP contribution is 2.23. The summed E-state index contributed by atoms with van der Waals surface area (Å²) in [7, 11) is 0. The topological polar surface area (TPSA) is 131 Å². The molecule has 1 aliphatic rings. The number of nitrogens with one attached hydrogen (secondary N) is 3. The van der Waals surface area contributed by atoms with Crippen molar-refractivity contribution in [2.24, 2.45) is 5.84 Å². The summed E-state index contributed by atoms with van der Waals surface area (Å²) in [4.78, 5) is 19.9. The monoisotopic (exact) mass is 386 g/mol. The van der Waals surface area contributed by atoms with Gasteiger partial charge in [0.2, 0.25) is 0 Å². The standard InChI is InChI=1S/C16H19FN10O/c17-11-1-3-13(4-2-11)27-10-21-16(24-27)28-25-23-12-5-8-26(9-12)15-14(22-18)19-6-7-20-15/h1-4,6-7,10,12,23,25H,5,8-9,18H2,(H,19,22)/t12-/m0/s1. The molecule has 3 aromatic rings. The molecule has 0 bridgehead atoms. The average molecular weight is 386 g/mol. The van der Waals surface area contributed by atoms with Crippen LogP contribution in [-0.4, -0.2) is 43.9 Å². The van der Waals surface area contributed by atoms with Gasteiger partial charge in [0.05, 0.1) is 5.69 Å². The van der Waals surface area contributed by atoms with Crippen molar-refractivity contribution in [3.63, 3.8) is 0 Å². The molecule has 5 N–H and O–H groups in total. The summed E-state index contributed by atoms with van der Waals surface area (Å²) in [6, 6.07) is 6.16. The van der Waals surface area contributed by atoms with E-state index in [0.717, 1.165) is 13.0 Å². The molecule has 4 rings (SSSR count). The van der Waals surface area contributed by atoms with Gasteiger partial charge in [0, 0.05) is 31.5 Å². The van der Waals surface area contributed by atoms with Crippen LogP contribution in [0.1, 0.15) is 6.42 Å². The lowest BCUT2D eigenvalue weighted by Gasteiger charge is -2.19. The molecule has 28 heavy (non-hydrogen) atoms. The summed E-state index contributed by atoms with van der Waals surface area (Å²) in [5, 5.41) is 4.17. The molecule has 1 atom stereocenters. The maximum Gasteiger partial charge on any atom is 0.356 e. The SMILES string of the molecule is NNc1nccnc1N1CC[C@H](NNOc2ncn(-c3ccc(F)cc3)n2)C1. The zero-order valence-electron chi connectivity index (χ0n) is 14.8. The van der Waals surface area contributed by atoms with Crippen LogP contribution in [0.3, 0.4) is 0 Å². The van der Waals surface area contributed by atoms with Crippen molar-refractivity contribution < 1.29 is 9.23 Å². The van der Waals surface area contributed by atoms with Crippen LogP contribution in [0.4, 0.5) is 16.0 Å². The molecular weight excluding hydrogens is 367 g/mol. The highest BCUT2D eigenvalue weighted by atomic mass is 19.1. The molecule has 3 heterocycles.